The number of likely N-dealkylation sites (tertiary alicyclic amines) is 1. The first-order chi connectivity index (χ1) is 16.9. The molecule has 2 heterocycles. The third-order valence-electron chi connectivity index (χ3n) is 7.45. The molecule has 1 spiro atoms. The molecule has 2 aromatic carbocycles. The number of hydrogen-bond acceptors (Lipinski definition) is 3. The number of ether oxygens (including phenoxy) is 1. The van der Waals surface area contributed by atoms with E-state index >= 15 is 0 Å². The van der Waals surface area contributed by atoms with E-state index in [1.165, 1.54) is 17.7 Å². The number of para-hydroxylation sites is 1. The summed E-state index contributed by atoms with van der Waals surface area (Å²) in [7, 11) is 0. The van der Waals surface area contributed by atoms with Gasteiger partial charge in [-0.25, -0.2) is 4.39 Å². The van der Waals surface area contributed by atoms with Crippen LogP contribution in [0.25, 0.3) is 0 Å². The second-order valence-corrected chi connectivity index (χ2v) is 10.5. The Morgan fingerprint density at radius 2 is 1.80 bits per heavy atom. The van der Waals surface area contributed by atoms with Crippen LogP contribution in [0, 0.1) is 17.2 Å². The van der Waals surface area contributed by atoms with Crippen LogP contribution >= 0.6 is 0 Å². The summed E-state index contributed by atoms with van der Waals surface area (Å²) in [6.07, 6.45) is 5.62. The fourth-order valence-electron chi connectivity index (χ4n) is 5.43. The molecule has 188 valence electrons. The summed E-state index contributed by atoms with van der Waals surface area (Å²) in [5, 5.41) is 3.32. The molecular formula is C29H37FN2O3. The van der Waals surface area contributed by atoms with Crippen molar-refractivity contribution in [3.8, 4) is 5.75 Å². The largest absolute Gasteiger partial charge is 0.491 e. The van der Waals surface area contributed by atoms with E-state index in [2.05, 4.69) is 25.2 Å². The average Bonchev–Trinajstić information content (AvgIpc) is 2.85. The van der Waals surface area contributed by atoms with Crippen molar-refractivity contribution in [1.82, 2.24) is 10.2 Å². The molecule has 6 heteroatoms. The maximum atomic E-state index is 14.2. The molecule has 2 aromatic rings. The summed E-state index contributed by atoms with van der Waals surface area (Å²) in [4.78, 5) is 28.3. The van der Waals surface area contributed by atoms with Gasteiger partial charge in [0.1, 0.15) is 18.2 Å². The van der Waals surface area contributed by atoms with Crippen LogP contribution in [-0.2, 0) is 11.2 Å². The molecule has 2 aliphatic heterocycles. The van der Waals surface area contributed by atoms with Gasteiger partial charge < -0.3 is 15.0 Å². The molecule has 0 aromatic heterocycles. The van der Waals surface area contributed by atoms with E-state index in [0.717, 1.165) is 37.9 Å². The van der Waals surface area contributed by atoms with Gasteiger partial charge in [0.25, 0.3) is 5.91 Å². The van der Waals surface area contributed by atoms with Crippen LogP contribution in [-0.4, -0.2) is 42.5 Å². The lowest BCUT2D eigenvalue weighted by atomic mass is 9.73. The van der Waals surface area contributed by atoms with Gasteiger partial charge in [-0.15, -0.1) is 0 Å². The molecule has 0 aliphatic carbocycles. The first-order valence-corrected chi connectivity index (χ1v) is 12.9. The number of rotatable bonds is 3. The number of benzene rings is 2. The monoisotopic (exact) mass is 480 g/mol. The standard InChI is InChI=1S/C29H37FN2O3/c1-21(2)19-23-20-35-26-13-6-3-9-22(26)10-7-8-14-29(28(34)31-23)15-17-32(18-16-29)27(33)24-11-4-5-12-25(24)30/h3-6,9,11-13,21,23H,7-8,10,14-20H2,1-2H3,(H,31,34)/t23-/m0/s1. The zero-order valence-electron chi connectivity index (χ0n) is 20.9. The molecular weight excluding hydrogens is 443 g/mol. The number of hydrogen-bond donors (Lipinski definition) is 1. The first kappa shape index (κ1) is 25.2. The van der Waals surface area contributed by atoms with E-state index in [1.54, 1.807) is 17.0 Å². The molecule has 0 radical (unpaired) electrons. The van der Waals surface area contributed by atoms with E-state index < -0.39 is 11.2 Å². The third-order valence-corrected chi connectivity index (χ3v) is 7.45. The van der Waals surface area contributed by atoms with Crippen LogP contribution in [0.4, 0.5) is 4.39 Å². The van der Waals surface area contributed by atoms with Gasteiger partial charge in [0.15, 0.2) is 0 Å². The average molecular weight is 481 g/mol. The summed E-state index contributed by atoms with van der Waals surface area (Å²) >= 11 is 0. The van der Waals surface area contributed by atoms with E-state index in [-0.39, 0.29) is 23.4 Å². The normalized spacial score (nSPS) is 20.9. The summed E-state index contributed by atoms with van der Waals surface area (Å²) in [6, 6.07) is 14.2. The van der Waals surface area contributed by atoms with Gasteiger partial charge in [0.05, 0.1) is 17.0 Å². The van der Waals surface area contributed by atoms with Gasteiger partial charge in [0, 0.05) is 13.1 Å². The zero-order valence-corrected chi connectivity index (χ0v) is 20.9. The zero-order chi connectivity index (χ0) is 24.8. The molecule has 2 aliphatic rings. The number of nitrogens with zero attached hydrogens (tertiary/aromatic N) is 1. The van der Waals surface area contributed by atoms with E-state index in [4.69, 9.17) is 4.74 Å². The Balaban J connectivity index is 1.50. The molecule has 0 saturated carbocycles. The van der Waals surface area contributed by atoms with Gasteiger partial charge in [-0.3, -0.25) is 9.59 Å². The van der Waals surface area contributed by atoms with Crippen molar-refractivity contribution >= 4 is 11.8 Å². The Morgan fingerprint density at radius 3 is 2.54 bits per heavy atom. The van der Waals surface area contributed by atoms with Gasteiger partial charge in [-0.1, -0.05) is 50.6 Å². The maximum Gasteiger partial charge on any atom is 0.256 e. The molecule has 0 unspecified atom stereocenters. The Kier molecular flexibility index (Phi) is 8.09. The van der Waals surface area contributed by atoms with Crippen molar-refractivity contribution in [3.05, 3.63) is 65.5 Å². The highest BCUT2D eigenvalue weighted by Gasteiger charge is 2.42. The third kappa shape index (κ3) is 6.03. The predicted molar refractivity (Wildman–Crippen MR) is 135 cm³/mol. The predicted octanol–water partition coefficient (Wildman–Crippen LogP) is 5.38. The summed E-state index contributed by atoms with van der Waals surface area (Å²) in [5.74, 6) is 0.597. The SMILES string of the molecule is CC(C)C[C@H]1COc2ccccc2CCCCC2(CCN(C(=O)c3ccccc3F)CC2)C(=O)N1. The lowest BCUT2D eigenvalue weighted by Gasteiger charge is -2.42. The highest BCUT2D eigenvalue weighted by atomic mass is 19.1. The minimum absolute atomic E-state index is 0.0681. The second kappa shape index (κ2) is 11.2. The lowest BCUT2D eigenvalue weighted by Crippen LogP contribution is -2.53. The number of nitrogens with one attached hydrogen (secondary N) is 1. The summed E-state index contributed by atoms with van der Waals surface area (Å²) in [5.41, 5.74) is 0.793. The number of piperidine rings is 1. The number of carbonyl (C=O) groups is 2. The van der Waals surface area contributed by atoms with Crippen LogP contribution in [0.3, 0.4) is 0 Å². The Hall–Kier alpha value is -2.89. The number of halogens is 1. The number of aryl methyl sites for hydroxylation is 1. The van der Waals surface area contributed by atoms with Crippen LogP contribution in [0.2, 0.25) is 0 Å². The highest BCUT2D eigenvalue weighted by Crippen LogP contribution is 2.38. The van der Waals surface area contributed by atoms with Crippen molar-refractivity contribution in [3.63, 3.8) is 0 Å². The van der Waals surface area contributed by atoms with Gasteiger partial charge in [0.2, 0.25) is 5.91 Å². The number of fused-ring (bicyclic) bond motifs is 1. The van der Waals surface area contributed by atoms with E-state index in [0.29, 0.717) is 38.5 Å². The molecule has 5 nitrogen and oxygen atoms in total. The van der Waals surface area contributed by atoms with E-state index in [9.17, 15) is 14.0 Å². The fraction of sp³-hybridized carbons (Fsp3) is 0.517. The Labute approximate surface area is 208 Å². The fourth-order valence-corrected chi connectivity index (χ4v) is 5.43. The minimum Gasteiger partial charge on any atom is -0.491 e. The number of carbonyl (C=O) groups excluding carboxylic acids is 2. The molecule has 2 amide bonds. The topological polar surface area (TPSA) is 58.6 Å². The van der Waals surface area contributed by atoms with Crippen LogP contribution in [0.5, 0.6) is 5.75 Å². The minimum atomic E-state index is -0.514. The molecule has 35 heavy (non-hydrogen) atoms. The first-order valence-electron chi connectivity index (χ1n) is 12.9. The highest BCUT2D eigenvalue weighted by molar-refractivity contribution is 5.94. The molecule has 1 N–H and O–H groups in total. The van der Waals surface area contributed by atoms with Gasteiger partial charge in [-0.2, -0.15) is 0 Å². The molecule has 1 fully saturated rings. The molecule has 0 bridgehead atoms. The molecule has 1 saturated heterocycles. The van der Waals surface area contributed by atoms with Crippen LogP contribution in [0.15, 0.2) is 48.5 Å². The van der Waals surface area contributed by atoms with Crippen molar-refractivity contribution in [2.45, 2.75) is 64.8 Å². The van der Waals surface area contributed by atoms with Crippen LogP contribution in [0.1, 0.15) is 68.3 Å². The summed E-state index contributed by atoms with van der Waals surface area (Å²) < 4.78 is 20.4. The van der Waals surface area contributed by atoms with E-state index in [1.807, 2.05) is 18.2 Å². The number of amides is 2. The van der Waals surface area contributed by atoms with Gasteiger partial charge >= 0.3 is 0 Å². The molecule has 1 atom stereocenters. The second-order valence-electron chi connectivity index (χ2n) is 10.5. The summed E-state index contributed by atoms with van der Waals surface area (Å²) in [6.45, 7) is 5.65. The maximum absolute atomic E-state index is 14.2. The Bertz CT molecular complexity index is 1030. The Morgan fingerprint density at radius 1 is 1.09 bits per heavy atom. The quantitative estimate of drug-likeness (QED) is 0.641. The smallest absolute Gasteiger partial charge is 0.256 e. The molecule has 4 rings (SSSR count). The van der Waals surface area contributed by atoms with Crippen LogP contribution < -0.4 is 10.1 Å². The van der Waals surface area contributed by atoms with Crippen molar-refractivity contribution in [2.24, 2.45) is 11.3 Å². The van der Waals surface area contributed by atoms with Gasteiger partial charge in [-0.05, 0) is 68.2 Å². The van der Waals surface area contributed by atoms with Crippen molar-refractivity contribution in [2.75, 3.05) is 19.7 Å². The van der Waals surface area contributed by atoms with Crippen molar-refractivity contribution in [1.29, 1.82) is 0 Å². The lowest BCUT2D eigenvalue weighted by molar-refractivity contribution is -0.135. The van der Waals surface area contributed by atoms with Crippen molar-refractivity contribution < 1.29 is 18.7 Å².